The summed E-state index contributed by atoms with van der Waals surface area (Å²) in [7, 11) is 0. The van der Waals surface area contributed by atoms with Crippen molar-refractivity contribution in [3.8, 4) is 0 Å². The van der Waals surface area contributed by atoms with Crippen LogP contribution in [0.25, 0.3) is 0 Å². The Balaban J connectivity index is 1.62. The molecule has 1 N–H and O–H groups in total. The van der Waals surface area contributed by atoms with Gasteiger partial charge in [0.25, 0.3) is 5.91 Å². The fourth-order valence-corrected chi connectivity index (χ4v) is 4.90. The van der Waals surface area contributed by atoms with Crippen molar-refractivity contribution < 1.29 is 18.4 Å². The number of hydrogen-bond acceptors (Lipinski definition) is 4. The van der Waals surface area contributed by atoms with Gasteiger partial charge >= 0.3 is 0 Å². The predicted octanol–water partition coefficient (Wildman–Crippen LogP) is 5.61. The molecule has 1 aromatic heterocycles. The van der Waals surface area contributed by atoms with Crippen LogP contribution in [-0.2, 0) is 24.4 Å². The van der Waals surface area contributed by atoms with Crippen LogP contribution in [0.4, 0.5) is 14.5 Å². The van der Waals surface area contributed by atoms with E-state index in [-0.39, 0.29) is 18.4 Å². The van der Waals surface area contributed by atoms with Crippen molar-refractivity contribution in [1.82, 2.24) is 15.2 Å². The van der Waals surface area contributed by atoms with E-state index in [1.54, 1.807) is 24.1 Å². The van der Waals surface area contributed by atoms with E-state index in [1.807, 2.05) is 30.5 Å². The number of amides is 2. The highest BCUT2D eigenvalue weighted by atomic mass is 19.1. The standard InChI is InChI=1S/C30H34F2N4O2/c1-22(37)36-13-6-4-2-3-5-12-35(20-23-8-7-11-33-18-23)21-26-16-25(9-10-29(26)36)30(38)34-19-24-14-27(31)17-28(32)15-24/h7-11,14-18H,2-6,12-13,19-21H2,1H3,(H,34,38). The van der Waals surface area contributed by atoms with Crippen molar-refractivity contribution >= 4 is 17.5 Å². The Kier molecular flexibility index (Phi) is 9.54. The first-order valence-electron chi connectivity index (χ1n) is 13.1. The number of fused-ring (bicyclic) bond motifs is 1. The number of pyridine rings is 1. The lowest BCUT2D eigenvalue weighted by Crippen LogP contribution is -2.33. The maximum Gasteiger partial charge on any atom is 0.251 e. The molecule has 38 heavy (non-hydrogen) atoms. The fourth-order valence-electron chi connectivity index (χ4n) is 4.90. The Labute approximate surface area is 222 Å². The third kappa shape index (κ3) is 7.68. The molecule has 8 heteroatoms. The molecule has 1 aliphatic heterocycles. The largest absolute Gasteiger partial charge is 0.348 e. The number of aromatic nitrogens is 1. The van der Waals surface area contributed by atoms with Crippen LogP contribution >= 0.6 is 0 Å². The summed E-state index contributed by atoms with van der Waals surface area (Å²) in [5.41, 5.74) is 3.55. The minimum absolute atomic E-state index is 0.00268. The number of nitrogens with zero attached hydrogens (tertiary/aromatic N) is 3. The molecule has 0 aliphatic carbocycles. The number of benzene rings is 2. The topological polar surface area (TPSA) is 65.5 Å². The van der Waals surface area contributed by atoms with Gasteiger partial charge < -0.3 is 10.2 Å². The zero-order chi connectivity index (χ0) is 26.9. The zero-order valence-electron chi connectivity index (χ0n) is 21.8. The Morgan fingerprint density at radius 3 is 2.37 bits per heavy atom. The van der Waals surface area contributed by atoms with Crippen molar-refractivity contribution in [2.75, 3.05) is 18.0 Å². The Hall–Kier alpha value is -3.65. The highest BCUT2D eigenvalue weighted by molar-refractivity contribution is 5.97. The van der Waals surface area contributed by atoms with E-state index in [0.717, 1.165) is 61.5 Å². The molecule has 0 unspecified atom stereocenters. The van der Waals surface area contributed by atoms with E-state index in [1.165, 1.54) is 12.1 Å². The molecule has 0 saturated carbocycles. The smallest absolute Gasteiger partial charge is 0.251 e. The first-order valence-corrected chi connectivity index (χ1v) is 13.1. The second kappa shape index (κ2) is 13.2. The van der Waals surface area contributed by atoms with E-state index >= 15 is 0 Å². The van der Waals surface area contributed by atoms with Gasteiger partial charge in [0.1, 0.15) is 11.6 Å². The van der Waals surface area contributed by atoms with E-state index in [0.29, 0.717) is 30.8 Å². The van der Waals surface area contributed by atoms with E-state index in [9.17, 15) is 18.4 Å². The van der Waals surface area contributed by atoms with Crippen LogP contribution in [0.3, 0.4) is 0 Å². The van der Waals surface area contributed by atoms with Gasteiger partial charge in [-0.2, -0.15) is 0 Å². The van der Waals surface area contributed by atoms with Gasteiger partial charge in [-0.1, -0.05) is 25.3 Å². The average molecular weight is 521 g/mol. The summed E-state index contributed by atoms with van der Waals surface area (Å²) in [6, 6.07) is 12.5. The highest BCUT2D eigenvalue weighted by Crippen LogP contribution is 2.27. The summed E-state index contributed by atoms with van der Waals surface area (Å²) < 4.78 is 27.1. The maximum absolute atomic E-state index is 13.6. The van der Waals surface area contributed by atoms with Crippen LogP contribution in [0.1, 0.15) is 66.1 Å². The minimum Gasteiger partial charge on any atom is -0.348 e. The summed E-state index contributed by atoms with van der Waals surface area (Å²) >= 11 is 0. The quantitative estimate of drug-likeness (QED) is 0.475. The number of halogens is 2. The second-order valence-corrected chi connectivity index (χ2v) is 9.81. The average Bonchev–Trinajstić information content (AvgIpc) is 2.88. The minimum atomic E-state index is -0.688. The van der Waals surface area contributed by atoms with Crippen LogP contribution in [0, 0.1) is 11.6 Å². The summed E-state index contributed by atoms with van der Waals surface area (Å²) in [6.45, 7) is 4.34. The fraction of sp³-hybridized carbons (Fsp3) is 0.367. The number of nitrogens with one attached hydrogen (secondary N) is 1. The van der Waals surface area contributed by atoms with Gasteiger partial charge in [0.05, 0.1) is 0 Å². The van der Waals surface area contributed by atoms with Crippen molar-refractivity contribution in [2.45, 2.75) is 58.7 Å². The molecule has 0 atom stereocenters. The van der Waals surface area contributed by atoms with Gasteiger partial charge in [-0.3, -0.25) is 19.5 Å². The first kappa shape index (κ1) is 27.4. The summed E-state index contributed by atoms with van der Waals surface area (Å²) in [5, 5.41) is 2.76. The van der Waals surface area contributed by atoms with Gasteiger partial charge in [-0.05, 0) is 72.5 Å². The van der Waals surface area contributed by atoms with Crippen LogP contribution in [0.5, 0.6) is 0 Å². The third-order valence-electron chi connectivity index (χ3n) is 6.77. The molecule has 200 valence electrons. The molecule has 3 aromatic rings. The Morgan fingerprint density at radius 1 is 0.921 bits per heavy atom. The molecule has 2 amide bonds. The van der Waals surface area contributed by atoms with Crippen LogP contribution in [0.15, 0.2) is 60.9 Å². The monoisotopic (exact) mass is 520 g/mol. The van der Waals surface area contributed by atoms with Gasteiger partial charge in [0, 0.05) is 62.8 Å². The lowest BCUT2D eigenvalue weighted by atomic mass is 10.0. The number of hydrogen-bond donors (Lipinski definition) is 1. The molecule has 0 radical (unpaired) electrons. The van der Waals surface area contributed by atoms with Crippen molar-refractivity contribution in [1.29, 1.82) is 0 Å². The van der Waals surface area contributed by atoms with Gasteiger partial charge in [-0.25, -0.2) is 8.78 Å². The number of rotatable bonds is 5. The summed E-state index contributed by atoms with van der Waals surface area (Å²) in [6.07, 6.45) is 8.92. The second-order valence-electron chi connectivity index (χ2n) is 9.81. The maximum atomic E-state index is 13.6. The highest BCUT2D eigenvalue weighted by Gasteiger charge is 2.20. The SMILES string of the molecule is CC(=O)N1CCCCCCCN(Cc2cccnc2)Cc2cc(C(=O)NCc3cc(F)cc(F)c3)ccc21. The molecule has 2 heterocycles. The first-order chi connectivity index (χ1) is 18.4. The molecule has 0 spiro atoms. The molecular formula is C30H34F2N4O2. The zero-order valence-corrected chi connectivity index (χ0v) is 21.8. The molecule has 4 rings (SSSR count). The van der Waals surface area contributed by atoms with Crippen molar-refractivity contribution in [3.63, 3.8) is 0 Å². The summed E-state index contributed by atoms with van der Waals surface area (Å²) in [4.78, 5) is 34.1. The van der Waals surface area contributed by atoms with Crippen molar-refractivity contribution in [3.05, 3.63) is 94.8 Å². The van der Waals surface area contributed by atoms with Gasteiger partial charge in [0.2, 0.25) is 5.91 Å². The summed E-state index contributed by atoms with van der Waals surface area (Å²) in [5.74, 6) is -1.76. The number of anilines is 1. The molecule has 6 nitrogen and oxygen atoms in total. The molecule has 0 saturated heterocycles. The van der Waals surface area contributed by atoms with Crippen molar-refractivity contribution in [2.24, 2.45) is 0 Å². The molecule has 1 aliphatic rings. The Bertz CT molecular complexity index is 1230. The van der Waals surface area contributed by atoms with Gasteiger partial charge in [0.15, 0.2) is 0 Å². The third-order valence-corrected chi connectivity index (χ3v) is 6.77. The molecule has 2 aromatic carbocycles. The predicted molar refractivity (Wildman–Crippen MR) is 143 cm³/mol. The van der Waals surface area contributed by atoms with Crippen LogP contribution in [0.2, 0.25) is 0 Å². The van der Waals surface area contributed by atoms with Gasteiger partial charge in [-0.15, -0.1) is 0 Å². The lowest BCUT2D eigenvalue weighted by molar-refractivity contribution is -0.116. The van der Waals surface area contributed by atoms with Crippen LogP contribution < -0.4 is 10.2 Å². The number of carbonyl (C=O) groups excluding carboxylic acids is 2. The normalized spacial score (nSPS) is 15.2. The molecule has 0 bridgehead atoms. The number of carbonyl (C=O) groups is 2. The van der Waals surface area contributed by atoms with E-state index in [4.69, 9.17) is 0 Å². The molecular weight excluding hydrogens is 486 g/mol. The van der Waals surface area contributed by atoms with Crippen LogP contribution in [-0.4, -0.2) is 34.8 Å². The Morgan fingerprint density at radius 2 is 1.66 bits per heavy atom. The van der Waals surface area contributed by atoms with E-state index in [2.05, 4.69) is 15.2 Å². The molecule has 0 fully saturated rings. The lowest BCUT2D eigenvalue weighted by Gasteiger charge is -2.29. The van der Waals surface area contributed by atoms with E-state index < -0.39 is 11.6 Å².